The minimum absolute atomic E-state index is 0.207. The average Bonchev–Trinajstić information content (AvgIpc) is 2.38. The van der Waals surface area contributed by atoms with Gasteiger partial charge in [-0.2, -0.15) is 0 Å². The van der Waals surface area contributed by atoms with Crippen LogP contribution in [0, 0.1) is 5.77 Å². The Balaban J connectivity index is 3.03. The Kier molecular flexibility index (Phi) is 2.58. The Hall–Kier alpha value is 1.27. The Morgan fingerprint density at radius 2 is 1.36 bits per heavy atom. The van der Waals surface area contributed by atoms with Gasteiger partial charge in [-0.05, 0) is 45.2 Å². The Morgan fingerprint density at radius 3 is 1.82 bits per heavy atom. The average molecular weight is 426 g/mol. The number of fused-ring (bicyclic) bond motifs is 1. The number of hydrogen-bond acceptors (Lipinski definition) is 4. The lowest BCUT2D eigenvalue weighted by Gasteiger charge is -1.71. The fourth-order valence-corrected chi connectivity index (χ4v) is 7.84. The SMILES string of the molecule is O=c1sc2c(I)sc(I)c2s1. The molecule has 0 aromatic carbocycles. The van der Waals surface area contributed by atoms with Crippen LogP contribution in [0.15, 0.2) is 4.79 Å². The summed E-state index contributed by atoms with van der Waals surface area (Å²) in [5.74, 6) is 0. The molecule has 6 heteroatoms. The van der Waals surface area contributed by atoms with Gasteiger partial charge in [0.2, 0.25) is 0 Å². The number of hydrogen-bond donors (Lipinski definition) is 0. The molecule has 0 aliphatic rings. The number of rotatable bonds is 0. The largest absolute Gasteiger partial charge is 0.288 e. The molecular weight excluding hydrogens is 426 g/mol. The second kappa shape index (κ2) is 3.20. The summed E-state index contributed by atoms with van der Waals surface area (Å²) in [7, 11) is 0. The zero-order valence-electron chi connectivity index (χ0n) is 4.89. The van der Waals surface area contributed by atoms with E-state index in [9.17, 15) is 4.79 Å². The van der Waals surface area contributed by atoms with E-state index in [1.165, 1.54) is 37.8 Å². The summed E-state index contributed by atoms with van der Waals surface area (Å²) in [6.07, 6.45) is 0. The van der Waals surface area contributed by atoms with E-state index in [0.717, 1.165) is 0 Å². The Morgan fingerprint density at radius 1 is 0.909 bits per heavy atom. The molecule has 0 atom stereocenters. The molecule has 0 spiro atoms. The fraction of sp³-hybridized carbons (Fsp3) is 0. The van der Waals surface area contributed by atoms with E-state index < -0.39 is 0 Å². The molecule has 0 N–H and O–H groups in total. The summed E-state index contributed by atoms with van der Waals surface area (Å²) in [5.41, 5.74) is 0. The van der Waals surface area contributed by atoms with E-state index in [1.807, 2.05) is 0 Å². The molecule has 0 saturated heterocycles. The molecule has 0 aliphatic heterocycles. The summed E-state index contributed by atoms with van der Waals surface area (Å²) in [4.78, 5) is 11.0. The highest BCUT2D eigenvalue weighted by Crippen LogP contribution is 2.37. The zero-order valence-corrected chi connectivity index (χ0v) is 11.7. The van der Waals surface area contributed by atoms with Gasteiger partial charge in [0.15, 0.2) is 0 Å². The molecule has 0 amide bonds. The van der Waals surface area contributed by atoms with Crippen LogP contribution in [0.25, 0.3) is 9.40 Å². The monoisotopic (exact) mass is 426 g/mol. The molecule has 58 valence electrons. The minimum Gasteiger partial charge on any atom is -0.265 e. The standard InChI is InChI=1S/C5I2OS3/c6-3-1-2(4(7)11-3)10-5(8)9-1. The van der Waals surface area contributed by atoms with Crippen molar-refractivity contribution in [1.82, 2.24) is 0 Å². The van der Waals surface area contributed by atoms with Gasteiger partial charge in [-0.1, -0.05) is 22.7 Å². The third-order valence-electron chi connectivity index (χ3n) is 1.11. The minimum atomic E-state index is 0.207. The third kappa shape index (κ3) is 1.52. The van der Waals surface area contributed by atoms with Crippen LogP contribution in [0.4, 0.5) is 0 Å². The van der Waals surface area contributed by atoms with Crippen molar-refractivity contribution in [2.24, 2.45) is 0 Å². The molecule has 0 aliphatic carbocycles. The van der Waals surface area contributed by atoms with E-state index in [-0.39, 0.29) is 4.06 Å². The summed E-state index contributed by atoms with van der Waals surface area (Å²) < 4.78 is 5.04. The second-order valence-corrected chi connectivity index (χ2v) is 8.63. The topological polar surface area (TPSA) is 17.1 Å². The quantitative estimate of drug-likeness (QED) is 0.589. The summed E-state index contributed by atoms with van der Waals surface area (Å²) >= 11 is 9.04. The van der Waals surface area contributed by atoms with E-state index >= 15 is 0 Å². The molecule has 2 aromatic rings. The van der Waals surface area contributed by atoms with Crippen LogP contribution in [-0.2, 0) is 0 Å². The van der Waals surface area contributed by atoms with E-state index in [1.54, 1.807) is 11.3 Å². The van der Waals surface area contributed by atoms with Gasteiger partial charge in [0.25, 0.3) is 4.06 Å². The lowest BCUT2D eigenvalue weighted by atomic mass is 10.7. The molecular formula is C5I2OS3. The number of halogens is 2. The molecule has 0 radical (unpaired) electrons. The molecule has 0 unspecified atom stereocenters. The summed E-state index contributed by atoms with van der Waals surface area (Å²) in [6.45, 7) is 0. The lowest BCUT2D eigenvalue weighted by molar-refractivity contribution is 2.24. The van der Waals surface area contributed by atoms with Crippen LogP contribution >= 0.6 is 79.2 Å². The molecule has 2 rings (SSSR count). The van der Waals surface area contributed by atoms with Gasteiger partial charge in [-0.3, -0.25) is 4.79 Å². The van der Waals surface area contributed by atoms with Crippen molar-refractivity contribution in [2.75, 3.05) is 0 Å². The normalized spacial score (nSPS) is 11.1. The van der Waals surface area contributed by atoms with Crippen LogP contribution in [0.5, 0.6) is 0 Å². The first-order chi connectivity index (χ1) is 5.18. The van der Waals surface area contributed by atoms with E-state index in [2.05, 4.69) is 45.2 Å². The van der Waals surface area contributed by atoms with Crippen LogP contribution in [0.1, 0.15) is 0 Å². The maximum atomic E-state index is 11.0. The van der Waals surface area contributed by atoms with Crippen molar-refractivity contribution in [3.05, 3.63) is 14.6 Å². The summed E-state index contributed by atoms with van der Waals surface area (Å²) in [5, 5.41) is 0. The maximum absolute atomic E-state index is 11.0. The van der Waals surface area contributed by atoms with Crippen molar-refractivity contribution in [1.29, 1.82) is 0 Å². The van der Waals surface area contributed by atoms with Crippen molar-refractivity contribution in [3.8, 4) is 0 Å². The van der Waals surface area contributed by atoms with Gasteiger partial charge in [0.05, 0.1) is 15.2 Å². The van der Waals surface area contributed by atoms with Crippen LogP contribution < -0.4 is 4.06 Å². The van der Waals surface area contributed by atoms with Crippen molar-refractivity contribution in [2.45, 2.75) is 0 Å². The molecule has 11 heavy (non-hydrogen) atoms. The van der Waals surface area contributed by atoms with Gasteiger partial charge in [-0.25, -0.2) is 0 Å². The predicted molar refractivity (Wildman–Crippen MR) is 69.3 cm³/mol. The maximum Gasteiger partial charge on any atom is 0.288 e. The number of thiophene rings is 1. The zero-order chi connectivity index (χ0) is 8.01. The Bertz CT molecular complexity index is 414. The molecule has 0 bridgehead atoms. The van der Waals surface area contributed by atoms with Gasteiger partial charge in [0.1, 0.15) is 0 Å². The summed E-state index contributed by atoms with van der Waals surface area (Å²) in [6, 6.07) is 0. The molecule has 1 nitrogen and oxygen atoms in total. The highest BCUT2D eigenvalue weighted by Gasteiger charge is 2.10. The van der Waals surface area contributed by atoms with Gasteiger partial charge in [-0.15, -0.1) is 11.3 Å². The highest BCUT2D eigenvalue weighted by atomic mass is 127. The molecule has 2 aromatic heterocycles. The first kappa shape index (κ1) is 8.85. The second-order valence-electron chi connectivity index (χ2n) is 1.76. The third-order valence-corrected chi connectivity index (χ3v) is 7.46. The molecule has 2 heterocycles. The fourth-order valence-electron chi connectivity index (χ4n) is 0.710. The van der Waals surface area contributed by atoms with Gasteiger partial charge >= 0.3 is 0 Å². The first-order valence-corrected chi connectivity index (χ1v) is 7.16. The van der Waals surface area contributed by atoms with E-state index in [0.29, 0.717) is 0 Å². The first-order valence-electron chi connectivity index (χ1n) is 2.56. The smallest absolute Gasteiger partial charge is 0.265 e. The highest BCUT2D eigenvalue weighted by molar-refractivity contribution is 14.1. The van der Waals surface area contributed by atoms with Gasteiger partial charge in [0, 0.05) is 0 Å². The Labute approximate surface area is 102 Å². The van der Waals surface area contributed by atoms with Gasteiger partial charge < -0.3 is 0 Å². The van der Waals surface area contributed by atoms with Crippen LogP contribution in [0.3, 0.4) is 0 Å². The predicted octanol–water partition coefficient (Wildman–Crippen LogP) is 3.59. The van der Waals surface area contributed by atoms with Crippen molar-refractivity contribution < 1.29 is 0 Å². The molecule has 0 saturated carbocycles. The lowest BCUT2D eigenvalue weighted by Crippen LogP contribution is -1.74. The van der Waals surface area contributed by atoms with Crippen LogP contribution in [-0.4, -0.2) is 0 Å². The van der Waals surface area contributed by atoms with Crippen molar-refractivity contribution in [3.63, 3.8) is 0 Å². The molecule has 0 fully saturated rings. The van der Waals surface area contributed by atoms with E-state index in [4.69, 9.17) is 0 Å². The van der Waals surface area contributed by atoms with Crippen LogP contribution in [0.2, 0.25) is 0 Å². The van der Waals surface area contributed by atoms with Crippen molar-refractivity contribution >= 4 is 88.6 Å².